The van der Waals surface area contributed by atoms with Crippen molar-refractivity contribution < 1.29 is 4.39 Å². The molecule has 150 valence electrons. The zero-order valence-corrected chi connectivity index (χ0v) is 17.6. The van der Waals surface area contributed by atoms with E-state index in [9.17, 15) is 4.39 Å². The SMILES string of the molecule is CC=CCCc1ccc2cc(C3CCC4CC(CC)CCC4C3)ccc2c1F. The second-order valence-corrected chi connectivity index (χ2v) is 9.24. The number of hydrogen-bond acceptors (Lipinski definition) is 0. The molecule has 4 atom stereocenters. The molecule has 2 aromatic carbocycles. The summed E-state index contributed by atoms with van der Waals surface area (Å²) in [7, 11) is 0. The molecule has 2 aromatic rings. The largest absolute Gasteiger partial charge is 0.206 e. The third kappa shape index (κ3) is 4.04. The van der Waals surface area contributed by atoms with Crippen LogP contribution < -0.4 is 0 Å². The van der Waals surface area contributed by atoms with Gasteiger partial charge in [-0.15, -0.1) is 0 Å². The van der Waals surface area contributed by atoms with Crippen LogP contribution in [0, 0.1) is 23.6 Å². The molecular formula is C27H35F. The van der Waals surface area contributed by atoms with Crippen LogP contribution in [-0.2, 0) is 6.42 Å². The van der Waals surface area contributed by atoms with E-state index in [1.807, 2.05) is 25.1 Å². The van der Waals surface area contributed by atoms with E-state index >= 15 is 0 Å². The average Bonchev–Trinajstić information content (AvgIpc) is 2.74. The van der Waals surface area contributed by atoms with Gasteiger partial charge in [-0.3, -0.25) is 0 Å². The number of hydrogen-bond donors (Lipinski definition) is 0. The highest BCUT2D eigenvalue weighted by Gasteiger charge is 2.35. The lowest BCUT2D eigenvalue weighted by Gasteiger charge is -2.42. The molecule has 0 N–H and O–H groups in total. The molecule has 0 aromatic heterocycles. The van der Waals surface area contributed by atoms with E-state index in [0.29, 0.717) is 5.92 Å². The summed E-state index contributed by atoms with van der Waals surface area (Å²) in [6, 6.07) is 10.7. The molecule has 0 spiro atoms. The standard InChI is InChI=1S/C27H35F/c1-3-5-6-7-20-10-13-25-18-24(14-15-26(25)27(20)28)23-12-11-21-16-19(4-2)8-9-22(21)17-23/h3,5,10,13-15,18-19,21-23H,4,6-9,11-12,16-17H2,1-2H3. The summed E-state index contributed by atoms with van der Waals surface area (Å²) in [6.07, 6.45) is 15.6. The Morgan fingerprint density at radius 2 is 1.82 bits per heavy atom. The van der Waals surface area contributed by atoms with E-state index < -0.39 is 0 Å². The van der Waals surface area contributed by atoms with Crippen molar-refractivity contribution in [2.75, 3.05) is 0 Å². The predicted octanol–water partition coefficient (Wildman–Crippen LogP) is 8.20. The highest BCUT2D eigenvalue weighted by atomic mass is 19.1. The van der Waals surface area contributed by atoms with Crippen molar-refractivity contribution in [3.63, 3.8) is 0 Å². The lowest BCUT2D eigenvalue weighted by atomic mass is 9.63. The molecule has 0 saturated heterocycles. The molecular weight excluding hydrogens is 343 g/mol. The Labute approximate surface area is 170 Å². The van der Waals surface area contributed by atoms with E-state index in [4.69, 9.17) is 0 Å². The molecule has 4 rings (SSSR count). The summed E-state index contributed by atoms with van der Waals surface area (Å²) in [5.41, 5.74) is 2.27. The number of allylic oxidation sites excluding steroid dienone is 2. The Balaban J connectivity index is 1.50. The maximum absolute atomic E-state index is 14.9. The van der Waals surface area contributed by atoms with Crippen LogP contribution in [0.1, 0.15) is 82.3 Å². The molecule has 0 aliphatic heterocycles. The van der Waals surface area contributed by atoms with Gasteiger partial charge in [-0.1, -0.05) is 62.2 Å². The summed E-state index contributed by atoms with van der Waals surface area (Å²) < 4.78 is 14.9. The first-order valence-corrected chi connectivity index (χ1v) is 11.5. The van der Waals surface area contributed by atoms with Gasteiger partial charge in [0.15, 0.2) is 0 Å². The molecule has 0 nitrogen and oxygen atoms in total. The number of benzene rings is 2. The molecule has 0 bridgehead atoms. The zero-order valence-electron chi connectivity index (χ0n) is 17.6. The Morgan fingerprint density at radius 3 is 2.64 bits per heavy atom. The summed E-state index contributed by atoms with van der Waals surface area (Å²) in [5, 5.41) is 1.86. The van der Waals surface area contributed by atoms with Gasteiger partial charge in [0.05, 0.1) is 0 Å². The van der Waals surface area contributed by atoms with Gasteiger partial charge in [-0.05, 0) is 92.1 Å². The summed E-state index contributed by atoms with van der Waals surface area (Å²) in [4.78, 5) is 0. The summed E-state index contributed by atoms with van der Waals surface area (Å²) >= 11 is 0. The predicted molar refractivity (Wildman–Crippen MR) is 118 cm³/mol. The van der Waals surface area contributed by atoms with E-state index in [1.54, 1.807) is 0 Å². The van der Waals surface area contributed by atoms with Crippen LogP contribution in [0.2, 0.25) is 0 Å². The third-order valence-electron chi connectivity index (χ3n) is 7.64. The Kier molecular flexibility index (Phi) is 6.19. The number of aryl methyl sites for hydroxylation is 1. The lowest BCUT2D eigenvalue weighted by molar-refractivity contribution is 0.116. The average molecular weight is 379 g/mol. The van der Waals surface area contributed by atoms with Crippen molar-refractivity contribution in [3.05, 3.63) is 59.4 Å². The minimum absolute atomic E-state index is 0.0184. The molecule has 2 saturated carbocycles. The fraction of sp³-hybridized carbons (Fsp3) is 0.556. The Hall–Kier alpha value is -1.63. The first-order chi connectivity index (χ1) is 13.7. The van der Waals surface area contributed by atoms with Crippen LogP contribution in [-0.4, -0.2) is 0 Å². The maximum Gasteiger partial charge on any atom is 0.134 e. The van der Waals surface area contributed by atoms with Gasteiger partial charge in [0.1, 0.15) is 5.82 Å². The first-order valence-electron chi connectivity index (χ1n) is 11.5. The summed E-state index contributed by atoms with van der Waals surface area (Å²) in [5.74, 6) is 3.51. The fourth-order valence-corrected chi connectivity index (χ4v) is 5.87. The fourth-order valence-electron chi connectivity index (χ4n) is 5.87. The van der Waals surface area contributed by atoms with E-state index in [1.165, 1.54) is 50.5 Å². The molecule has 2 aliphatic rings. The smallest absolute Gasteiger partial charge is 0.134 e. The van der Waals surface area contributed by atoms with Gasteiger partial charge in [-0.2, -0.15) is 0 Å². The quantitative estimate of drug-likeness (QED) is 0.460. The van der Waals surface area contributed by atoms with Crippen LogP contribution in [0.4, 0.5) is 4.39 Å². The van der Waals surface area contributed by atoms with Crippen LogP contribution in [0.25, 0.3) is 10.8 Å². The zero-order chi connectivity index (χ0) is 19.5. The highest BCUT2D eigenvalue weighted by Crippen LogP contribution is 2.48. The first kappa shape index (κ1) is 19.7. The second kappa shape index (κ2) is 8.80. The molecule has 2 aliphatic carbocycles. The van der Waals surface area contributed by atoms with Gasteiger partial charge in [0, 0.05) is 5.39 Å². The maximum atomic E-state index is 14.9. The monoisotopic (exact) mass is 378 g/mol. The van der Waals surface area contributed by atoms with Crippen LogP contribution in [0.15, 0.2) is 42.5 Å². The molecule has 1 heteroatoms. The second-order valence-electron chi connectivity index (χ2n) is 9.24. The van der Waals surface area contributed by atoms with Crippen LogP contribution >= 0.6 is 0 Å². The van der Waals surface area contributed by atoms with E-state index in [-0.39, 0.29) is 5.82 Å². The molecule has 0 amide bonds. The molecule has 0 heterocycles. The lowest BCUT2D eigenvalue weighted by Crippen LogP contribution is -2.30. The normalized spacial score (nSPS) is 28.0. The van der Waals surface area contributed by atoms with Crippen LogP contribution in [0.3, 0.4) is 0 Å². The van der Waals surface area contributed by atoms with Crippen molar-refractivity contribution in [3.8, 4) is 0 Å². The van der Waals surface area contributed by atoms with Crippen molar-refractivity contribution in [2.45, 2.75) is 77.6 Å². The molecule has 28 heavy (non-hydrogen) atoms. The van der Waals surface area contributed by atoms with Gasteiger partial charge in [-0.25, -0.2) is 4.39 Å². The molecule has 4 unspecified atom stereocenters. The van der Waals surface area contributed by atoms with Crippen LogP contribution in [0.5, 0.6) is 0 Å². The van der Waals surface area contributed by atoms with E-state index in [0.717, 1.165) is 46.9 Å². The Bertz CT molecular complexity index is 834. The molecule has 2 fully saturated rings. The van der Waals surface area contributed by atoms with Crippen molar-refractivity contribution in [1.82, 2.24) is 0 Å². The minimum Gasteiger partial charge on any atom is -0.206 e. The van der Waals surface area contributed by atoms with E-state index in [2.05, 4.69) is 31.2 Å². The van der Waals surface area contributed by atoms with Crippen molar-refractivity contribution in [2.24, 2.45) is 17.8 Å². The highest BCUT2D eigenvalue weighted by molar-refractivity contribution is 5.84. The van der Waals surface area contributed by atoms with Gasteiger partial charge in [0.2, 0.25) is 0 Å². The van der Waals surface area contributed by atoms with Crippen molar-refractivity contribution >= 4 is 10.8 Å². The Morgan fingerprint density at radius 1 is 1.00 bits per heavy atom. The third-order valence-corrected chi connectivity index (χ3v) is 7.64. The number of rotatable bonds is 5. The number of halogens is 1. The van der Waals surface area contributed by atoms with Gasteiger partial charge >= 0.3 is 0 Å². The van der Waals surface area contributed by atoms with Gasteiger partial charge < -0.3 is 0 Å². The molecule has 0 radical (unpaired) electrons. The number of fused-ring (bicyclic) bond motifs is 2. The minimum atomic E-state index is -0.0184. The topological polar surface area (TPSA) is 0 Å². The van der Waals surface area contributed by atoms with Gasteiger partial charge in [0.25, 0.3) is 0 Å². The summed E-state index contributed by atoms with van der Waals surface area (Å²) in [6.45, 7) is 4.37. The van der Waals surface area contributed by atoms with Crippen molar-refractivity contribution in [1.29, 1.82) is 0 Å².